The van der Waals surface area contributed by atoms with Gasteiger partial charge in [-0.25, -0.2) is 9.78 Å². The Labute approximate surface area is 150 Å². The number of carbonyl (C=O) groups excluding carboxylic acids is 1. The zero-order valence-corrected chi connectivity index (χ0v) is 14.2. The first-order valence-electron chi connectivity index (χ1n) is 8.24. The minimum absolute atomic E-state index is 0.350. The molecule has 5 heteroatoms. The zero-order valence-electron chi connectivity index (χ0n) is 14.2. The van der Waals surface area contributed by atoms with E-state index in [1.165, 1.54) is 0 Å². The van der Waals surface area contributed by atoms with Gasteiger partial charge in [-0.05, 0) is 30.3 Å². The van der Waals surface area contributed by atoms with Crippen LogP contribution in [0, 0.1) is 0 Å². The molecule has 0 saturated carbocycles. The number of hydrogen-bond donors (Lipinski definition) is 2. The maximum absolute atomic E-state index is 12.5. The number of anilines is 2. The lowest BCUT2D eigenvalue weighted by atomic mass is 10.1. The van der Waals surface area contributed by atoms with E-state index in [0.29, 0.717) is 17.1 Å². The maximum atomic E-state index is 12.5. The van der Waals surface area contributed by atoms with Gasteiger partial charge < -0.3 is 15.4 Å². The van der Waals surface area contributed by atoms with E-state index in [2.05, 4.69) is 16.7 Å². The van der Waals surface area contributed by atoms with Crippen molar-refractivity contribution in [2.75, 3.05) is 17.7 Å². The minimum Gasteiger partial charge on any atom is -0.495 e. The fraction of sp³-hybridized carbons (Fsp3) is 0.0476. The van der Waals surface area contributed by atoms with Gasteiger partial charge in [-0.3, -0.25) is 0 Å². The Morgan fingerprint density at radius 1 is 0.846 bits per heavy atom. The van der Waals surface area contributed by atoms with Gasteiger partial charge in [-0.2, -0.15) is 0 Å². The number of pyridine rings is 1. The fourth-order valence-corrected chi connectivity index (χ4v) is 2.93. The van der Waals surface area contributed by atoms with Crippen molar-refractivity contribution in [2.45, 2.75) is 0 Å². The predicted molar refractivity (Wildman–Crippen MR) is 105 cm³/mol. The number of ether oxygens (including phenoxy) is 1. The highest BCUT2D eigenvalue weighted by molar-refractivity contribution is 6.07. The highest BCUT2D eigenvalue weighted by Gasteiger charge is 2.10. The lowest BCUT2D eigenvalue weighted by Crippen LogP contribution is -2.20. The van der Waals surface area contributed by atoms with Crippen molar-refractivity contribution >= 4 is 39.2 Å². The second-order valence-corrected chi connectivity index (χ2v) is 5.84. The molecule has 0 radical (unpaired) electrons. The first-order chi connectivity index (χ1) is 12.7. The summed E-state index contributed by atoms with van der Waals surface area (Å²) in [5.74, 6) is 0.602. The third-order valence-electron chi connectivity index (χ3n) is 4.15. The highest BCUT2D eigenvalue weighted by Crippen LogP contribution is 2.27. The number of hydrogen-bond acceptors (Lipinski definition) is 3. The Bertz CT molecular complexity index is 1110. The Morgan fingerprint density at radius 2 is 1.54 bits per heavy atom. The fourth-order valence-electron chi connectivity index (χ4n) is 2.93. The summed E-state index contributed by atoms with van der Waals surface area (Å²) < 4.78 is 5.26. The molecule has 4 rings (SSSR count). The number of nitrogens with one attached hydrogen (secondary N) is 2. The molecule has 0 atom stereocenters. The number of benzene rings is 3. The number of aromatic nitrogens is 1. The summed E-state index contributed by atoms with van der Waals surface area (Å²) in [7, 11) is 1.57. The molecule has 0 spiro atoms. The van der Waals surface area contributed by atoms with E-state index in [9.17, 15) is 4.79 Å². The normalized spacial score (nSPS) is 10.7. The smallest absolute Gasteiger partial charge is 0.323 e. The van der Waals surface area contributed by atoms with Crippen LogP contribution in [-0.4, -0.2) is 18.1 Å². The number of methoxy groups -OCH3 is 1. The van der Waals surface area contributed by atoms with Crippen LogP contribution in [0.5, 0.6) is 5.75 Å². The van der Waals surface area contributed by atoms with Gasteiger partial charge in [0.15, 0.2) is 0 Å². The van der Waals surface area contributed by atoms with Crippen LogP contribution in [0.1, 0.15) is 0 Å². The molecule has 0 saturated heterocycles. The van der Waals surface area contributed by atoms with Gasteiger partial charge in [0.2, 0.25) is 0 Å². The lowest BCUT2D eigenvalue weighted by molar-refractivity contribution is 0.262. The quantitative estimate of drug-likeness (QED) is 0.512. The first-order valence-corrected chi connectivity index (χ1v) is 8.24. The highest BCUT2D eigenvalue weighted by atomic mass is 16.5. The molecule has 0 unspecified atom stereocenters. The van der Waals surface area contributed by atoms with Crippen molar-refractivity contribution in [3.05, 3.63) is 72.8 Å². The Balaban J connectivity index is 1.66. The van der Waals surface area contributed by atoms with Crippen molar-refractivity contribution in [2.24, 2.45) is 0 Å². The van der Waals surface area contributed by atoms with Gasteiger partial charge >= 0.3 is 6.03 Å². The van der Waals surface area contributed by atoms with E-state index in [1.807, 2.05) is 54.6 Å². The molecule has 0 aliphatic heterocycles. The second-order valence-electron chi connectivity index (χ2n) is 5.84. The summed E-state index contributed by atoms with van der Waals surface area (Å²) in [6.07, 6.45) is 0. The van der Waals surface area contributed by atoms with E-state index in [4.69, 9.17) is 9.72 Å². The molecule has 2 N–H and O–H groups in total. The van der Waals surface area contributed by atoms with Gasteiger partial charge in [0.25, 0.3) is 0 Å². The zero-order chi connectivity index (χ0) is 17.9. The van der Waals surface area contributed by atoms with Crippen molar-refractivity contribution in [1.82, 2.24) is 4.98 Å². The third kappa shape index (κ3) is 3.02. The van der Waals surface area contributed by atoms with Crippen LogP contribution in [0.2, 0.25) is 0 Å². The van der Waals surface area contributed by atoms with E-state index in [-0.39, 0.29) is 6.03 Å². The van der Waals surface area contributed by atoms with Crippen LogP contribution in [0.4, 0.5) is 16.2 Å². The molecule has 3 aromatic carbocycles. The summed E-state index contributed by atoms with van der Waals surface area (Å²) in [4.78, 5) is 17.2. The summed E-state index contributed by atoms with van der Waals surface area (Å²) >= 11 is 0. The molecule has 0 aliphatic carbocycles. The minimum atomic E-state index is -0.350. The summed E-state index contributed by atoms with van der Waals surface area (Å²) in [6.45, 7) is 0. The standard InChI is InChI=1S/C21H17N3O2/c1-26-19-12-5-4-10-17(19)23-21(25)24-18-11-6-8-15-13-14-7-2-3-9-16(14)22-20(15)18/h2-13H,1H3,(H2,23,24,25). The van der Waals surface area contributed by atoms with Crippen molar-refractivity contribution in [3.8, 4) is 5.75 Å². The first kappa shape index (κ1) is 15.9. The predicted octanol–water partition coefficient (Wildman–Crippen LogP) is 5.04. The second kappa shape index (κ2) is 6.72. The number of amides is 2. The topological polar surface area (TPSA) is 63.2 Å². The molecule has 128 valence electrons. The number of rotatable bonds is 3. The molecule has 1 heterocycles. The number of para-hydroxylation sites is 4. The van der Waals surface area contributed by atoms with Crippen LogP contribution in [0.15, 0.2) is 72.8 Å². The van der Waals surface area contributed by atoms with E-state index in [1.54, 1.807) is 19.2 Å². The van der Waals surface area contributed by atoms with E-state index >= 15 is 0 Å². The molecule has 0 fully saturated rings. The largest absolute Gasteiger partial charge is 0.495 e. The SMILES string of the molecule is COc1ccccc1NC(=O)Nc1cccc2cc3ccccc3nc12. The molecule has 4 aromatic rings. The maximum Gasteiger partial charge on any atom is 0.323 e. The molecule has 0 aliphatic rings. The van der Waals surface area contributed by atoms with Crippen molar-refractivity contribution in [3.63, 3.8) is 0 Å². The van der Waals surface area contributed by atoms with Gasteiger partial charge in [-0.1, -0.05) is 42.5 Å². The van der Waals surface area contributed by atoms with Gasteiger partial charge in [0.05, 0.1) is 29.5 Å². The molecule has 1 aromatic heterocycles. The summed E-state index contributed by atoms with van der Waals surface area (Å²) in [5, 5.41) is 7.73. The molecule has 5 nitrogen and oxygen atoms in total. The van der Waals surface area contributed by atoms with Gasteiger partial charge in [0, 0.05) is 10.8 Å². The Kier molecular flexibility index (Phi) is 4.11. The van der Waals surface area contributed by atoms with Crippen LogP contribution in [0.25, 0.3) is 21.8 Å². The number of carbonyl (C=O) groups is 1. The number of urea groups is 1. The monoisotopic (exact) mass is 343 g/mol. The summed E-state index contributed by atoms with van der Waals surface area (Å²) in [6, 6.07) is 22.6. The number of nitrogens with zero attached hydrogens (tertiary/aromatic N) is 1. The van der Waals surface area contributed by atoms with Crippen LogP contribution in [-0.2, 0) is 0 Å². The third-order valence-corrected chi connectivity index (χ3v) is 4.15. The summed E-state index contributed by atoms with van der Waals surface area (Å²) in [5.41, 5.74) is 2.90. The average Bonchev–Trinajstić information content (AvgIpc) is 2.67. The van der Waals surface area contributed by atoms with Crippen LogP contribution in [0.3, 0.4) is 0 Å². The molecule has 0 bridgehead atoms. The average molecular weight is 343 g/mol. The number of fused-ring (bicyclic) bond motifs is 2. The molecular weight excluding hydrogens is 326 g/mol. The Hall–Kier alpha value is -3.60. The van der Waals surface area contributed by atoms with E-state index < -0.39 is 0 Å². The molecule has 2 amide bonds. The van der Waals surface area contributed by atoms with Gasteiger partial charge in [0.1, 0.15) is 5.75 Å². The van der Waals surface area contributed by atoms with Crippen LogP contribution < -0.4 is 15.4 Å². The molecule has 26 heavy (non-hydrogen) atoms. The van der Waals surface area contributed by atoms with Crippen molar-refractivity contribution in [1.29, 1.82) is 0 Å². The molecular formula is C21H17N3O2. The Morgan fingerprint density at radius 3 is 2.42 bits per heavy atom. The van der Waals surface area contributed by atoms with Gasteiger partial charge in [-0.15, -0.1) is 0 Å². The van der Waals surface area contributed by atoms with Crippen molar-refractivity contribution < 1.29 is 9.53 Å². The lowest BCUT2D eigenvalue weighted by Gasteiger charge is -2.12. The van der Waals surface area contributed by atoms with E-state index in [0.717, 1.165) is 21.8 Å². The van der Waals surface area contributed by atoms with Crippen LogP contribution >= 0.6 is 0 Å².